The van der Waals surface area contributed by atoms with Gasteiger partial charge in [0.25, 0.3) is 0 Å². The quantitative estimate of drug-likeness (QED) is 0.711. The topological polar surface area (TPSA) is 60.5 Å². The number of hydrogen-bond acceptors (Lipinski definition) is 6. The summed E-state index contributed by atoms with van der Waals surface area (Å²) < 4.78 is 11.8. The first-order valence-electron chi connectivity index (χ1n) is 7.57. The monoisotopic (exact) mass is 392 g/mol. The summed E-state index contributed by atoms with van der Waals surface area (Å²) >= 11 is 8.67. The van der Waals surface area contributed by atoms with Gasteiger partial charge in [0.15, 0.2) is 16.6 Å². The Morgan fingerprint density at radius 2 is 2.04 bits per heavy atom. The molecule has 5 nitrogen and oxygen atoms in total. The van der Waals surface area contributed by atoms with Crippen molar-refractivity contribution in [1.82, 2.24) is 4.98 Å². The molecular formula is C17H13ClN2O3S2. The minimum absolute atomic E-state index is 0.110. The third-order valence-corrected chi connectivity index (χ3v) is 5.54. The lowest BCUT2D eigenvalue weighted by molar-refractivity contribution is -0.115. The molecule has 2 aromatic heterocycles. The molecule has 4 rings (SSSR count). The number of hydrogen-bond donors (Lipinski definition) is 1. The largest absolute Gasteiger partial charge is 0.486 e. The van der Waals surface area contributed by atoms with Gasteiger partial charge in [-0.25, -0.2) is 4.98 Å². The number of amides is 1. The van der Waals surface area contributed by atoms with Crippen LogP contribution in [0.5, 0.6) is 11.5 Å². The molecule has 1 N–H and O–H groups in total. The maximum absolute atomic E-state index is 12.1. The molecule has 0 spiro atoms. The number of carbonyl (C=O) groups excluding carboxylic acids is 1. The molecule has 0 unspecified atom stereocenters. The van der Waals surface area contributed by atoms with Crippen LogP contribution in [0.2, 0.25) is 4.34 Å². The van der Waals surface area contributed by atoms with Crippen LogP contribution in [-0.4, -0.2) is 24.1 Å². The van der Waals surface area contributed by atoms with Gasteiger partial charge in [-0.15, -0.1) is 22.7 Å². The van der Waals surface area contributed by atoms with Crippen molar-refractivity contribution in [2.75, 3.05) is 18.5 Å². The van der Waals surface area contributed by atoms with Gasteiger partial charge >= 0.3 is 0 Å². The zero-order chi connectivity index (χ0) is 17.2. The smallest absolute Gasteiger partial charge is 0.231 e. The number of thiazole rings is 1. The Bertz CT molecular complexity index is 922. The molecule has 0 radical (unpaired) electrons. The van der Waals surface area contributed by atoms with Crippen molar-refractivity contribution < 1.29 is 14.3 Å². The number of benzene rings is 1. The highest BCUT2D eigenvalue weighted by molar-refractivity contribution is 7.16. The molecule has 0 bridgehead atoms. The predicted molar refractivity (Wildman–Crippen MR) is 100 cm³/mol. The van der Waals surface area contributed by atoms with E-state index in [4.69, 9.17) is 21.1 Å². The third kappa shape index (κ3) is 3.78. The number of carbonyl (C=O) groups is 1. The van der Waals surface area contributed by atoms with Gasteiger partial charge in [0.1, 0.15) is 13.2 Å². The van der Waals surface area contributed by atoms with E-state index in [1.807, 2.05) is 29.6 Å². The Balaban J connectivity index is 1.45. The highest BCUT2D eigenvalue weighted by atomic mass is 35.5. The minimum atomic E-state index is -0.110. The van der Waals surface area contributed by atoms with Gasteiger partial charge in [0, 0.05) is 15.8 Å². The molecule has 8 heteroatoms. The first-order valence-corrected chi connectivity index (χ1v) is 9.64. The van der Waals surface area contributed by atoms with Crippen molar-refractivity contribution in [2.45, 2.75) is 6.42 Å². The minimum Gasteiger partial charge on any atom is -0.486 e. The highest BCUT2D eigenvalue weighted by Crippen LogP contribution is 2.35. The summed E-state index contributed by atoms with van der Waals surface area (Å²) in [5.41, 5.74) is 1.71. The molecule has 1 amide bonds. The van der Waals surface area contributed by atoms with Gasteiger partial charge in [-0.05, 0) is 30.3 Å². The Hall–Kier alpha value is -2.09. The van der Waals surface area contributed by atoms with Crippen molar-refractivity contribution >= 4 is 45.3 Å². The number of rotatable bonds is 4. The Labute approximate surface area is 157 Å². The molecule has 0 atom stereocenters. The highest BCUT2D eigenvalue weighted by Gasteiger charge is 2.14. The first-order chi connectivity index (χ1) is 12.2. The Morgan fingerprint density at radius 3 is 2.84 bits per heavy atom. The lowest BCUT2D eigenvalue weighted by Crippen LogP contribution is -2.15. The molecular weight excluding hydrogens is 380 g/mol. The van der Waals surface area contributed by atoms with Crippen LogP contribution in [0.1, 0.15) is 4.88 Å². The molecule has 1 aliphatic rings. The predicted octanol–water partition coefficient (Wildman–Crippen LogP) is 4.48. The SMILES string of the molecule is O=C(Cc1ccc(Cl)s1)Nc1nc(-c2ccc3c(c2)OCCO3)cs1. The van der Waals surface area contributed by atoms with Crippen LogP contribution in [0, 0.1) is 0 Å². The number of nitrogens with one attached hydrogen (secondary N) is 1. The summed E-state index contributed by atoms with van der Waals surface area (Å²) in [6, 6.07) is 9.36. The molecule has 3 heterocycles. The fourth-order valence-corrected chi connectivity index (χ4v) is 4.26. The van der Waals surface area contributed by atoms with Crippen molar-refractivity contribution in [3.05, 3.63) is 44.9 Å². The number of ether oxygens (including phenoxy) is 2. The molecule has 1 aromatic carbocycles. The van der Waals surface area contributed by atoms with Crippen molar-refractivity contribution in [3.8, 4) is 22.8 Å². The van der Waals surface area contributed by atoms with E-state index in [1.165, 1.54) is 22.7 Å². The van der Waals surface area contributed by atoms with E-state index in [0.717, 1.165) is 27.6 Å². The van der Waals surface area contributed by atoms with Crippen molar-refractivity contribution in [1.29, 1.82) is 0 Å². The van der Waals surface area contributed by atoms with Gasteiger partial charge in [-0.1, -0.05) is 11.6 Å². The molecule has 0 saturated heterocycles. The summed E-state index contributed by atoms with van der Waals surface area (Å²) in [5, 5.41) is 5.30. The summed E-state index contributed by atoms with van der Waals surface area (Å²) in [6.07, 6.45) is 0.288. The van der Waals surface area contributed by atoms with Gasteiger partial charge in [-0.2, -0.15) is 0 Å². The van der Waals surface area contributed by atoms with E-state index in [0.29, 0.717) is 22.7 Å². The fraction of sp³-hybridized carbons (Fsp3) is 0.176. The normalized spacial score (nSPS) is 12.8. The molecule has 0 fully saturated rings. The van der Waals surface area contributed by atoms with Crippen LogP contribution in [0.4, 0.5) is 5.13 Å². The molecule has 1 aliphatic heterocycles. The second-order valence-corrected chi connectivity index (χ2v) is 7.98. The van der Waals surface area contributed by atoms with E-state index in [9.17, 15) is 4.79 Å². The van der Waals surface area contributed by atoms with Crippen molar-refractivity contribution in [2.24, 2.45) is 0 Å². The Kier molecular flexibility index (Phi) is 4.61. The Morgan fingerprint density at radius 1 is 1.20 bits per heavy atom. The van der Waals surface area contributed by atoms with Gasteiger partial charge in [0.05, 0.1) is 16.5 Å². The second kappa shape index (κ2) is 7.03. The number of thiophene rings is 1. The van der Waals surface area contributed by atoms with Crippen LogP contribution in [-0.2, 0) is 11.2 Å². The van der Waals surface area contributed by atoms with Crippen LogP contribution in [0.15, 0.2) is 35.7 Å². The van der Waals surface area contributed by atoms with Gasteiger partial charge < -0.3 is 14.8 Å². The molecule has 0 saturated carbocycles. The number of fused-ring (bicyclic) bond motifs is 1. The number of halogens is 1. The number of nitrogens with zero attached hydrogens (tertiary/aromatic N) is 1. The first kappa shape index (κ1) is 16.4. The maximum Gasteiger partial charge on any atom is 0.231 e. The van der Waals surface area contributed by atoms with Crippen molar-refractivity contribution in [3.63, 3.8) is 0 Å². The molecule has 25 heavy (non-hydrogen) atoms. The van der Waals surface area contributed by atoms with E-state index < -0.39 is 0 Å². The van der Waals surface area contributed by atoms with E-state index in [-0.39, 0.29) is 12.3 Å². The van der Waals surface area contributed by atoms with E-state index >= 15 is 0 Å². The average molecular weight is 393 g/mol. The standard InChI is InChI=1S/C17H13ClN2O3S2/c18-15-4-2-11(25-15)8-16(21)20-17-19-12(9-24-17)10-1-3-13-14(7-10)23-6-5-22-13/h1-4,7,9H,5-6,8H2,(H,19,20,21). The maximum atomic E-state index is 12.1. The summed E-state index contributed by atoms with van der Waals surface area (Å²) in [7, 11) is 0. The summed E-state index contributed by atoms with van der Waals surface area (Å²) in [5.74, 6) is 1.35. The molecule has 0 aliphatic carbocycles. The van der Waals surface area contributed by atoms with E-state index in [1.54, 1.807) is 6.07 Å². The molecule has 128 valence electrons. The lowest BCUT2D eigenvalue weighted by Gasteiger charge is -2.18. The molecule has 3 aromatic rings. The zero-order valence-corrected chi connectivity index (χ0v) is 15.3. The average Bonchev–Trinajstić information content (AvgIpc) is 3.23. The van der Waals surface area contributed by atoms with Gasteiger partial charge in [-0.3, -0.25) is 4.79 Å². The van der Waals surface area contributed by atoms with Crippen LogP contribution >= 0.6 is 34.3 Å². The fourth-order valence-electron chi connectivity index (χ4n) is 2.43. The number of anilines is 1. The van der Waals surface area contributed by atoms with Gasteiger partial charge in [0.2, 0.25) is 5.91 Å². The van der Waals surface area contributed by atoms with Crippen LogP contribution in [0.25, 0.3) is 11.3 Å². The third-order valence-electron chi connectivity index (χ3n) is 3.55. The van der Waals surface area contributed by atoms with Crippen LogP contribution in [0.3, 0.4) is 0 Å². The second-order valence-electron chi connectivity index (χ2n) is 5.33. The summed E-state index contributed by atoms with van der Waals surface area (Å²) in [6.45, 7) is 1.11. The van der Waals surface area contributed by atoms with Crippen LogP contribution < -0.4 is 14.8 Å². The van der Waals surface area contributed by atoms with E-state index in [2.05, 4.69) is 10.3 Å². The zero-order valence-electron chi connectivity index (χ0n) is 13.0. The summed E-state index contributed by atoms with van der Waals surface area (Å²) in [4.78, 5) is 17.5. The lowest BCUT2D eigenvalue weighted by atomic mass is 10.1. The number of aromatic nitrogens is 1.